The van der Waals surface area contributed by atoms with Crippen LogP contribution in [0.2, 0.25) is 0 Å². The number of likely N-dealkylation sites (tertiary alicyclic amines) is 1. The Morgan fingerprint density at radius 1 is 1.57 bits per heavy atom. The summed E-state index contributed by atoms with van der Waals surface area (Å²) in [5, 5.41) is 3.26. The molecule has 0 aromatic carbocycles. The Labute approximate surface area is 85.2 Å². The Hall–Kier alpha value is -0.610. The van der Waals surface area contributed by atoms with Gasteiger partial charge in [0.25, 0.3) is 0 Å². The number of nitrogens with zero attached hydrogens (tertiary/aromatic N) is 2. The Morgan fingerprint density at radius 3 is 2.93 bits per heavy atom. The first-order valence-electron chi connectivity index (χ1n) is 5.45. The Bertz CT molecular complexity index is 231. The van der Waals surface area contributed by atoms with Gasteiger partial charge in [-0.1, -0.05) is 6.92 Å². The highest BCUT2D eigenvalue weighted by Crippen LogP contribution is 2.20. The van der Waals surface area contributed by atoms with Crippen molar-refractivity contribution in [2.24, 2.45) is 0 Å². The van der Waals surface area contributed by atoms with E-state index in [-0.39, 0.29) is 12.1 Å². The van der Waals surface area contributed by atoms with E-state index in [1.54, 1.807) is 0 Å². The first-order valence-corrected chi connectivity index (χ1v) is 5.45. The van der Waals surface area contributed by atoms with E-state index >= 15 is 0 Å². The highest BCUT2D eigenvalue weighted by molar-refractivity contribution is 5.81. The van der Waals surface area contributed by atoms with Crippen molar-refractivity contribution >= 4 is 5.91 Å². The molecule has 0 spiro atoms. The molecule has 0 aromatic rings. The van der Waals surface area contributed by atoms with Crippen molar-refractivity contribution in [3.05, 3.63) is 0 Å². The topological polar surface area (TPSA) is 35.6 Å². The van der Waals surface area contributed by atoms with Gasteiger partial charge in [0.05, 0.1) is 12.7 Å². The predicted molar refractivity (Wildman–Crippen MR) is 54.8 cm³/mol. The first kappa shape index (κ1) is 9.93. The molecule has 2 aliphatic rings. The van der Waals surface area contributed by atoms with Crippen LogP contribution in [0.5, 0.6) is 0 Å². The zero-order valence-electron chi connectivity index (χ0n) is 8.99. The predicted octanol–water partition coefficient (Wildman–Crippen LogP) is -0.142. The van der Waals surface area contributed by atoms with Crippen LogP contribution in [0.1, 0.15) is 19.8 Å². The van der Waals surface area contributed by atoms with E-state index in [4.69, 9.17) is 0 Å². The zero-order valence-corrected chi connectivity index (χ0v) is 8.99. The van der Waals surface area contributed by atoms with Gasteiger partial charge in [-0.05, 0) is 26.4 Å². The van der Waals surface area contributed by atoms with Gasteiger partial charge in [-0.2, -0.15) is 0 Å². The van der Waals surface area contributed by atoms with Crippen molar-refractivity contribution in [1.29, 1.82) is 0 Å². The van der Waals surface area contributed by atoms with Crippen molar-refractivity contribution in [3.8, 4) is 0 Å². The molecule has 0 saturated carbocycles. The minimum absolute atomic E-state index is 0.275. The SMILES string of the molecule is CCC1NCC(=O)N1C1CCN(C)C1. The third-order valence-electron chi connectivity index (χ3n) is 3.26. The number of amides is 1. The monoisotopic (exact) mass is 197 g/mol. The molecule has 0 aromatic heterocycles. The number of hydrogen-bond donors (Lipinski definition) is 1. The molecule has 2 heterocycles. The molecule has 2 aliphatic heterocycles. The van der Waals surface area contributed by atoms with Gasteiger partial charge in [-0.15, -0.1) is 0 Å². The van der Waals surface area contributed by atoms with Crippen LogP contribution in [0.3, 0.4) is 0 Å². The van der Waals surface area contributed by atoms with Crippen LogP contribution < -0.4 is 5.32 Å². The molecule has 2 saturated heterocycles. The van der Waals surface area contributed by atoms with E-state index in [0.29, 0.717) is 12.6 Å². The summed E-state index contributed by atoms with van der Waals surface area (Å²) in [6.45, 7) is 4.80. The van der Waals surface area contributed by atoms with Crippen LogP contribution in [0.25, 0.3) is 0 Å². The molecule has 14 heavy (non-hydrogen) atoms. The summed E-state index contributed by atoms with van der Waals surface area (Å²) in [6, 6.07) is 0.437. The van der Waals surface area contributed by atoms with Gasteiger partial charge in [0, 0.05) is 12.6 Å². The Balaban J connectivity index is 2.04. The van der Waals surface area contributed by atoms with Crippen molar-refractivity contribution < 1.29 is 4.79 Å². The van der Waals surface area contributed by atoms with Crippen LogP contribution >= 0.6 is 0 Å². The molecule has 4 heteroatoms. The van der Waals surface area contributed by atoms with E-state index in [0.717, 1.165) is 25.9 Å². The summed E-state index contributed by atoms with van der Waals surface area (Å²) in [5.41, 5.74) is 0. The van der Waals surface area contributed by atoms with E-state index in [1.807, 2.05) is 0 Å². The van der Waals surface area contributed by atoms with Crippen LogP contribution in [0, 0.1) is 0 Å². The molecule has 1 N–H and O–H groups in total. The standard InChI is InChI=1S/C10H19N3O/c1-3-9-11-6-10(14)13(9)8-4-5-12(2)7-8/h8-9,11H,3-7H2,1-2H3. The van der Waals surface area contributed by atoms with Crippen molar-refractivity contribution in [1.82, 2.24) is 15.1 Å². The van der Waals surface area contributed by atoms with Gasteiger partial charge in [0.15, 0.2) is 0 Å². The lowest BCUT2D eigenvalue weighted by molar-refractivity contribution is -0.130. The number of likely N-dealkylation sites (N-methyl/N-ethyl adjacent to an activating group) is 1. The molecule has 1 amide bonds. The zero-order chi connectivity index (χ0) is 10.1. The van der Waals surface area contributed by atoms with E-state index in [2.05, 4.69) is 29.1 Å². The number of carbonyl (C=O) groups is 1. The molecule has 0 bridgehead atoms. The molecule has 0 radical (unpaired) electrons. The number of hydrogen-bond acceptors (Lipinski definition) is 3. The molecular formula is C10H19N3O. The average molecular weight is 197 g/mol. The molecular weight excluding hydrogens is 178 g/mol. The van der Waals surface area contributed by atoms with Crippen LogP contribution in [-0.2, 0) is 4.79 Å². The number of carbonyl (C=O) groups excluding carboxylic acids is 1. The van der Waals surface area contributed by atoms with Crippen LogP contribution in [0.15, 0.2) is 0 Å². The Morgan fingerprint density at radius 2 is 2.36 bits per heavy atom. The second-order valence-electron chi connectivity index (χ2n) is 4.31. The lowest BCUT2D eigenvalue weighted by atomic mass is 10.2. The lowest BCUT2D eigenvalue weighted by Gasteiger charge is -2.29. The van der Waals surface area contributed by atoms with Crippen LogP contribution in [0.4, 0.5) is 0 Å². The summed E-state index contributed by atoms with van der Waals surface area (Å²) in [7, 11) is 2.12. The minimum Gasteiger partial charge on any atom is -0.322 e. The highest BCUT2D eigenvalue weighted by atomic mass is 16.2. The maximum absolute atomic E-state index is 11.7. The summed E-state index contributed by atoms with van der Waals surface area (Å²) >= 11 is 0. The van der Waals surface area contributed by atoms with Gasteiger partial charge in [-0.3, -0.25) is 10.1 Å². The minimum atomic E-state index is 0.275. The van der Waals surface area contributed by atoms with E-state index in [9.17, 15) is 4.79 Å². The maximum atomic E-state index is 11.7. The maximum Gasteiger partial charge on any atom is 0.238 e. The van der Waals surface area contributed by atoms with Gasteiger partial charge in [0.1, 0.15) is 0 Å². The smallest absolute Gasteiger partial charge is 0.238 e. The summed E-state index contributed by atoms with van der Waals surface area (Å²) in [6.07, 6.45) is 2.41. The third kappa shape index (κ3) is 1.64. The average Bonchev–Trinajstić information content (AvgIpc) is 2.71. The van der Waals surface area contributed by atoms with Crippen molar-refractivity contribution in [3.63, 3.8) is 0 Å². The van der Waals surface area contributed by atoms with Gasteiger partial charge in [-0.25, -0.2) is 0 Å². The van der Waals surface area contributed by atoms with Crippen molar-refractivity contribution in [2.45, 2.75) is 32.0 Å². The fraction of sp³-hybridized carbons (Fsp3) is 0.900. The van der Waals surface area contributed by atoms with Gasteiger partial charge >= 0.3 is 0 Å². The third-order valence-corrected chi connectivity index (χ3v) is 3.26. The molecule has 4 nitrogen and oxygen atoms in total. The number of rotatable bonds is 2. The van der Waals surface area contributed by atoms with Gasteiger partial charge < -0.3 is 9.80 Å². The van der Waals surface area contributed by atoms with Gasteiger partial charge in [0.2, 0.25) is 5.91 Å². The largest absolute Gasteiger partial charge is 0.322 e. The molecule has 0 aliphatic carbocycles. The lowest BCUT2D eigenvalue weighted by Crippen LogP contribution is -2.45. The quantitative estimate of drug-likeness (QED) is 0.669. The fourth-order valence-electron chi connectivity index (χ4n) is 2.51. The van der Waals surface area contributed by atoms with Crippen molar-refractivity contribution in [2.75, 3.05) is 26.7 Å². The van der Waals surface area contributed by atoms with E-state index in [1.165, 1.54) is 0 Å². The molecule has 2 rings (SSSR count). The fourth-order valence-corrected chi connectivity index (χ4v) is 2.51. The highest BCUT2D eigenvalue weighted by Gasteiger charge is 2.37. The van der Waals surface area contributed by atoms with E-state index < -0.39 is 0 Å². The normalized spacial score (nSPS) is 34.4. The summed E-state index contributed by atoms with van der Waals surface area (Å²) in [4.78, 5) is 16.0. The second-order valence-corrected chi connectivity index (χ2v) is 4.31. The molecule has 80 valence electrons. The molecule has 2 atom stereocenters. The summed E-state index contributed by atoms with van der Waals surface area (Å²) in [5.74, 6) is 0.275. The number of nitrogens with one attached hydrogen (secondary N) is 1. The molecule has 2 unspecified atom stereocenters. The second kappa shape index (κ2) is 3.87. The first-order chi connectivity index (χ1) is 6.72. The molecule has 2 fully saturated rings. The summed E-state index contributed by atoms with van der Waals surface area (Å²) < 4.78 is 0. The Kier molecular flexibility index (Phi) is 2.74. The van der Waals surface area contributed by atoms with Crippen LogP contribution in [-0.4, -0.2) is 54.6 Å².